The molecule has 0 fully saturated rings. The van der Waals surface area contributed by atoms with Gasteiger partial charge in [0.25, 0.3) is 0 Å². The quantitative estimate of drug-likeness (QED) is 0.843. The molecule has 5 nitrogen and oxygen atoms in total. The molecule has 0 spiro atoms. The second-order valence-electron chi connectivity index (χ2n) is 4.20. The molecule has 0 saturated carbocycles. The minimum absolute atomic E-state index is 0.162. The summed E-state index contributed by atoms with van der Waals surface area (Å²) in [5, 5.41) is 9.18. The second-order valence-corrected chi connectivity index (χ2v) is 7.01. The molecular formula is C12H18BrNO4S. The number of aliphatic hydroxyl groups is 1. The standard InChI is InChI=1S/C12H18BrNO4S/c1-9-6-10(8-15)7-11(12(9)13)19(16,17)14(2)4-5-18-3/h6-7,15H,4-5,8H2,1-3H3. The molecule has 7 heteroatoms. The smallest absolute Gasteiger partial charge is 0.244 e. The Bertz CT molecular complexity index is 545. The van der Waals surface area contributed by atoms with Crippen LogP contribution in [0.3, 0.4) is 0 Å². The molecule has 0 radical (unpaired) electrons. The Morgan fingerprint density at radius 1 is 1.42 bits per heavy atom. The molecule has 0 amide bonds. The first-order chi connectivity index (χ1) is 8.84. The molecule has 1 aromatic rings. The number of aliphatic hydroxyl groups excluding tert-OH is 1. The van der Waals surface area contributed by atoms with E-state index in [0.29, 0.717) is 16.6 Å². The first-order valence-electron chi connectivity index (χ1n) is 5.69. The molecule has 0 aromatic heterocycles. The highest BCUT2D eigenvalue weighted by Crippen LogP contribution is 2.29. The zero-order valence-corrected chi connectivity index (χ0v) is 13.6. The highest BCUT2D eigenvalue weighted by molar-refractivity contribution is 9.10. The Morgan fingerprint density at radius 3 is 2.58 bits per heavy atom. The number of benzene rings is 1. The van der Waals surface area contributed by atoms with Crippen LogP contribution in [0.1, 0.15) is 11.1 Å². The molecule has 1 N–H and O–H groups in total. The van der Waals surface area contributed by atoms with E-state index in [0.717, 1.165) is 5.56 Å². The zero-order chi connectivity index (χ0) is 14.6. The normalized spacial score (nSPS) is 12.1. The number of likely N-dealkylation sites (N-methyl/N-ethyl adjacent to an activating group) is 1. The van der Waals surface area contributed by atoms with Gasteiger partial charge in [-0.3, -0.25) is 0 Å². The van der Waals surface area contributed by atoms with Crippen molar-refractivity contribution in [2.45, 2.75) is 18.4 Å². The monoisotopic (exact) mass is 351 g/mol. The van der Waals surface area contributed by atoms with Gasteiger partial charge in [-0.05, 0) is 40.0 Å². The van der Waals surface area contributed by atoms with Gasteiger partial charge in [0.05, 0.1) is 18.1 Å². The predicted octanol–water partition coefficient (Wildman–Crippen LogP) is 1.52. The molecule has 0 aliphatic carbocycles. The van der Waals surface area contributed by atoms with Gasteiger partial charge in [0.2, 0.25) is 10.0 Å². The average molecular weight is 352 g/mol. The molecular weight excluding hydrogens is 334 g/mol. The summed E-state index contributed by atoms with van der Waals surface area (Å²) in [5.41, 5.74) is 1.34. The summed E-state index contributed by atoms with van der Waals surface area (Å²) in [6.07, 6.45) is 0. The molecule has 0 aliphatic heterocycles. The Labute approximate surface area is 122 Å². The minimum Gasteiger partial charge on any atom is -0.392 e. The highest BCUT2D eigenvalue weighted by atomic mass is 79.9. The molecule has 0 heterocycles. The average Bonchev–Trinajstić information content (AvgIpc) is 2.38. The van der Waals surface area contributed by atoms with Crippen LogP contribution in [-0.4, -0.2) is 45.1 Å². The SMILES string of the molecule is COCCN(C)S(=O)(=O)c1cc(CO)cc(C)c1Br. The van der Waals surface area contributed by atoms with E-state index >= 15 is 0 Å². The molecule has 0 saturated heterocycles. The molecule has 19 heavy (non-hydrogen) atoms. The predicted molar refractivity (Wildman–Crippen MR) is 76.5 cm³/mol. The number of rotatable bonds is 6. The summed E-state index contributed by atoms with van der Waals surface area (Å²) in [6.45, 7) is 2.19. The van der Waals surface area contributed by atoms with Crippen LogP contribution in [0.4, 0.5) is 0 Å². The summed E-state index contributed by atoms with van der Waals surface area (Å²) >= 11 is 3.30. The van der Waals surface area contributed by atoms with Crippen LogP contribution in [0, 0.1) is 6.92 Å². The first-order valence-corrected chi connectivity index (χ1v) is 7.93. The molecule has 0 unspecified atom stereocenters. The van der Waals surface area contributed by atoms with Crippen LogP contribution in [0.15, 0.2) is 21.5 Å². The number of aryl methyl sites for hydroxylation is 1. The Hall–Kier alpha value is -0.470. The maximum atomic E-state index is 12.4. The third-order valence-corrected chi connectivity index (χ3v) is 5.96. The fourth-order valence-electron chi connectivity index (χ4n) is 1.60. The van der Waals surface area contributed by atoms with E-state index in [1.54, 1.807) is 13.0 Å². The van der Waals surface area contributed by atoms with E-state index in [4.69, 9.17) is 4.74 Å². The van der Waals surface area contributed by atoms with Crippen molar-refractivity contribution in [2.75, 3.05) is 27.3 Å². The van der Waals surface area contributed by atoms with Crippen molar-refractivity contribution in [2.24, 2.45) is 0 Å². The maximum absolute atomic E-state index is 12.4. The third-order valence-electron chi connectivity index (χ3n) is 2.76. The molecule has 1 aromatic carbocycles. The lowest BCUT2D eigenvalue weighted by atomic mass is 10.1. The van der Waals surface area contributed by atoms with Crippen molar-refractivity contribution >= 4 is 26.0 Å². The Balaban J connectivity index is 3.24. The molecule has 0 aliphatic rings. The van der Waals surface area contributed by atoms with Gasteiger partial charge >= 0.3 is 0 Å². The van der Waals surface area contributed by atoms with E-state index in [9.17, 15) is 13.5 Å². The van der Waals surface area contributed by atoms with Gasteiger partial charge in [-0.15, -0.1) is 0 Å². The van der Waals surface area contributed by atoms with Crippen molar-refractivity contribution in [1.29, 1.82) is 0 Å². The van der Waals surface area contributed by atoms with Crippen molar-refractivity contribution in [3.05, 3.63) is 27.7 Å². The number of halogens is 1. The van der Waals surface area contributed by atoms with Gasteiger partial charge in [0.15, 0.2) is 0 Å². The summed E-state index contributed by atoms with van der Waals surface area (Å²) in [6, 6.07) is 3.23. The second kappa shape index (κ2) is 6.81. The molecule has 0 bridgehead atoms. The summed E-state index contributed by atoms with van der Waals surface area (Å²) < 4.78 is 31.5. The summed E-state index contributed by atoms with van der Waals surface area (Å²) in [5.74, 6) is 0. The number of hydrogen-bond donors (Lipinski definition) is 1. The summed E-state index contributed by atoms with van der Waals surface area (Å²) in [7, 11) is -0.579. The number of sulfonamides is 1. The molecule has 1 rings (SSSR count). The maximum Gasteiger partial charge on any atom is 0.244 e. The van der Waals surface area contributed by atoms with Crippen LogP contribution in [0.5, 0.6) is 0 Å². The fourth-order valence-corrected chi connectivity index (χ4v) is 3.78. The fraction of sp³-hybridized carbons (Fsp3) is 0.500. The van der Waals surface area contributed by atoms with Gasteiger partial charge in [0, 0.05) is 25.2 Å². The topological polar surface area (TPSA) is 66.8 Å². The van der Waals surface area contributed by atoms with Crippen molar-refractivity contribution in [3.8, 4) is 0 Å². The lowest BCUT2D eigenvalue weighted by molar-refractivity contribution is 0.185. The largest absolute Gasteiger partial charge is 0.392 e. The van der Waals surface area contributed by atoms with E-state index in [1.807, 2.05) is 0 Å². The van der Waals surface area contributed by atoms with Crippen LogP contribution < -0.4 is 0 Å². The Morgan fingerprint density at radius 2 is 2.05 bits per heavy atom. The highest BCUT2D eigenvalue weighted by Gasteiger charge is 2.24. The van der Waals surface area contributed by atoms with Gasteiger partial charge in [0.1, 0.15) is 0 Å². The molecule has 108 valence electrons. The first kappa shape index (κ1) is 16.6. The van der Waals surface area contributed by atoms with Crippen LogP contribution >= 0.6 is 15.9 Å². The van der Waals surface area contributed by atoms with Crippen LogP contribution in [0.25, 0.3) is 0 Å². The van der Waals surface area contributed by atoms with Crippen LogP contribution in [-0.2, 0) is 21.4 Å². The zero-order valence-electron chi connectivity index (χ0n) is 11.2. The lowest BCUT2D eigenvalue weighted by Gasteiger charge is -2.19. The van der Waals surface area contributed by atoms with E-state index < -0.39 is 10.0 Å². The number of nitrogens with zero attached hydrogens (tertiary/aromatic N) is 1. The number of ether oxygens (including phenoxy) is 1. The van der Waals surface area contributed by atoms with Gasteiger partial charge in [-0.2, -0.15) is 4.31 Å². The van der Waals surface area contributed by atoms with Gasteiger partial charge in [-0.25, -0.2) is 8.42 Å². The summed E-state index contributed by atoms with van der Waals surface area (Å²) in [4.78, 5) is 0.162. The van der Waals surface area contributed by atoms with Gasteiger partial charge in [-0.1, -0.05) is 6.07 Å². The van der Waals surface area contributed by atoms with Crippen molar-refractivity contribution < 1.29 is 18.3 Å². The van der Waals surface area contributed by atoms with Gasteiger partial charge < -0.3 is 9.84 Å². The van der Waals surface area contributed by atoms with Crippen molar-refractivity contribution in [1.82, 2.24) is 4.31 Å². The van der Waals surface area contributed by atoms with Crippen LogP contribution in [0.2, 0.25) is 0 Å². The number of hydrogen-bond acceptors (Lipinski definition) is 4. The Kier molecular flexibility index (Phi) is 5.94. The van der Waals surface area contributed by atoms with E-state index in [-0.39, 0.29) is 18.0 Å². The van der Waals surface area contributed by atoms with Crippen molar-refractivity contribution in [3.63, 3.8) is 0 Å². The third kappa shape index (κ3) is 3.76. The number of methoxy groups -OCH3 is 1. The van der Waals surface area contributed by atoms with E-state index in [2.05, 4.69) is 15.9 Å². The lowest BCUT2D eigenvalue weighted by Crippen LogP contribution is -2.30. The molecule has 0 atom stereocenters. The minimum atomic E-state index is -3.60. The van der Waals surface area contributed by atoms with E-state index in [1.165, 1.54) is 24.5 Å².